The summed E-state index contributed by atoms with van der Waals surface area (Å²) in [7, 11) is 0. The van der Waals surface area contributed by atoms with Gasteiger partial charge in [-0.1, -0.05) is 18.5 Å². The number of thioether (sulfide) groups is 1. The second-order valence-corrected chi connectivity index (χ2v) is 7.52. The number of nitrogens with zero attached hydrogens (tertiary/aromatic N) is 1. The smallest absolute Gasteiger partial charge is 0.239 e. The van der Waals surface area contributed by atoms with Crippen LogP contribution in [-0.4, -0.2) is 24.2 Å². The number of furan rings is 1. The van der Waals surface area contributed by atoms with Crippen molar-refractivity contribution in [2.45, 2.75) is 30.0 Å². The van der Waals surface area contributed by atoms with E-state index < -0.39 is 0 Å². The summed E-state index contributed by atoms with van der Waals surface area (Å²) in [5.74, 6) is 0.730. The number of hydrogen-bond acceptors (Lipinski definition) is 4. The van der Waals surface area contributed by atoms with Crippen LogP contribution >= 0.6 is 23.4 Å². The van der Waals surface area contributed by atoms with E-state index in [0.29, 0.717) is 23.4 Å². The fourth-order valence-electron chi connectivity index (χ4n) is 2.56. The van der Waals surface area contributed by atoms with Crippen molar-refractivity contribution in [3.05, 3.63) is 47.4 Å². The van der Waals surface area contributed by atoms with Crippen molar-refractivity contribution >= 4 is 35.0 Å². The van der Waals surface area contributed by atoms with E-state index in [9.17, 15) is 4.79 Å². The molecule has 0 saturated carbocycles. The number of halogens is 1. The Morgan fingerprint density at radius 2 is 2.35 bits per heavy atom. The minimum atomic E-state index is -0.0214. The molecule has 1 amide bonds. The molecule has 1 aromatic carbocycles. The van der Waals surface area contributed by atoms with Gasteiger partial charge in [0, 0.05) is 21.7 Å². The summed E-state index contributed by atoms with van der Waals surface area (Å²) in [6, 6.07) is 9.55. The third kappa shape index (κ3) is 4.24. The Morgan fingerprint density at radius 3 is 3.13 bits per heavy atom. The van der Waals surface area contributed by atoms with Crippen molar-refractivity contribution in [3.63, 3.8) is 0 Å². The third-order valence-corrected chi connectivity index (χ3v) is 5.24. The van der Waals surface area contributed by atoms with Crippen LogP contribution in [0.2, 0.25) is 5.02 Å². The van der Waals surface area contributed by atoms with Crippen LogP contribution in [0.4, 0.5) is 5.69 Å². The molecule has 1 N–H and O–H groups in total. The van der Waals surface area contributed by atoms with Crippen LogP contribution in [0, 0.1) is 0 Å². The molecule has 1 aliphatic rings. The standard InChI is InChI=1S/C17H19ClN2O2S/c1-12-6-7-20(15-9-13(18)4-5-16(15)23-12)11-17(21)19-10-14-3-2-8-22-14/h2-5,8-9,12H,6-7,10-11H2,1H3,(H,19,21)/t12-/m0/s1. The highest BCUT2D eigenvalue weighted by Gasteiger charge is 2.21. The molecule has 1 atom stereocenters. The molecule has 0 radical (unpaired) electrons. The number of rotatable bonds is 4. The number of hydrogen-bond donors (Lipinski definition) is 1. The minimum absolute atomic E-state index is 0.0214. The first-order valence-corrected chi connectivity index (χ1v) is 8.88. The van der Waals surface area contributed by atoms with E-state index in [4.69, 9.17) is 16.0 Å². The van der Waals surface area contributed by atoms with E-state index in [0.717, 1.165) is 24.4 Å². The molecule has 3 rings (SSSR count). The molecule has 0 aliphatic carbocycles. The zero-order valence-corrected chi connectivity index (χ0v) is 14.5. The number of anilines is 1. The van der Waals surface area contributed by atoms with Crippen molar-refractivity contribution in [1.29, 1.82) is 0 Å². The van der Waals surface area contributed by atoms with Gasteiger partial charge in [0.1, 0.15) is 5.76 Å². The molecule has 4 nitrogen and oxygen atoms in total. The normalized spacial score (nSPS) is 17.5. The van der Waals surface area contributed by atoms with E-state index in [1.165, 1.54) is 4.90 Å². The Hall–Kier alpha value is -1.59. The number of nitrogens with one attached hydrogen (secondary N) is 1. The minimum Gasteiger partial charge on any atom is -0.467 e. The van der Waals surface area contributed by atoms with E-state index >= 15 is 0 Å². The van der Waals surface area contributed by atoms with Crippen LogP contribution in [-0.2, 0) is 11.3 Å². The zero-order valence-electron chi connectivity index (χ0n) is 12.9. The van der Waals surface area contributed by atoms with E-state index in [2.05, 4.69) is 17.1 Å². The number of carbonyl (C=O) groups is 1. The molecule has 0 fully saturated rings. The molecule has 1 aliphatic heterocycles. The van der Waals surface area contributed by atoms with Gasteiger partial charge in [-0.15, -0.1) is 11.8 Å². The number of benzene rings is 1. The fraction of sp³-hybridized carbons (Fsp3) is 0.353. The van der Waals surface area contributed by atoms with E-state index in [-0.39, 0.29) is 5.91 Å². The highest BCUT2D eigenvalue weighted by atomic mass is 35.5. The van der Waals surface area contributed by atoms with Crippen LogP contribution in [0.25, 0.3) is 0 Å². The molecule has 23 heavy (non-hydrogen) atoms. The maximum atomic E-state index is 12.3. The molecular weight excluding hydrogens is 332 g/mol. The number of carbonyl (C=O) groups excluding carboxylic acids is 1. The van der Waals surface area contributed by atoms with Crippen molar-refractivity contribution in [2.24, 2.45) is 0 Å². The summed E-state index contributed by atoms with van der Waals surface area (Å²) < 4.78 is 5.23. The summed E-state index contributed by atoms with van der Waals surface area (Å²) >= 11 is 7.98. The Labute approximate surface area is 145 Å². The molecule has 0 bridgehead atoms. The molecular formula is C17H19ClN2O2S. The highest BCUT2D eigenvalue weighted by Crippen LogP contribution is 2.38. The maximum Gasteiger partial charge on any atom is 0.239 e. The Morgan fingerprint density at radius 1 is 1.48 bits per heavy atom. The summed E-state index contributed by atoms with van der Waals surface area (Å²) in [5, 5.41) is 4.11. The van der Waals surface area contributed by atoms with Crippen molar-refractivity contribution in [1.82, 2.24) is 5.32 Å². The first kappa shape index (κ1) is 16.3. The lowest BCUT2D eigenvalue weighted by Gasteiger charge is -2.24. The lowest BCUT2D eigenvalue weighted by atomic mass is 10.2. The van der Waals surface area contributed by atoms with Crippen molar-refractivity contribution in [3.8, 4) is 0 Å². The van der Waals surface area contributed by atoms with E-state index in [1.54, 1.807) is 6.26 Å². The highest BCUT2D eigenvalue weighted by molar-refractivity contribution is 8.00. The molecule has 6 heteroatoms. The fourth-order valence-corrected chi connectivity index (χ4v) is 3.84. The summed E-state index contributed by atoms with van der Waals surface area (Å²) in [5.41, 5.74) is 1.04. The van der Waals surface area contributed by atoms with Crippen LogP contribution in [0.5, 0.6) is 0 Å². The molecule has 1 aromatic heterocycles. The molecule has 0 spiro atoms. The Bertz CT molecular complexity index is 675. The molecule has 122 valence electrons. The second-order valence-electron chi connectivity index (χ2n) is 5.61. The first-order chi connectivity index (χ1) is 11.1. The van der Waals surface area contributed by atoms with Gasteiger partial charge in [-0.25, -0.2) is 0 Å². The van der Waals surface area contributed by atoms with Crippen LogP contribution in [0.15, 0.2) is 45.9 Å². The largest absolute Gasteiger partial charge is 0.467 e. The molecule has 2 heterocycles. The predicted molar refractivity (Wildman–Crippen MR) is 94.2 cm³/mol. The zero-order chi connectivity index (χ0) is 16.2. The third-order valence-electron chi connectivity index (χ3n) is 3.77. The van der Waals surface area contributed by atoms with Gasteiger partial charge in [-0.2, -0.15) is 0 Å². The van der Waals surface area contributed by atoms with Crippen molar-refractivity contribution < 1.29 is 9.21 Å². The predicted octanol–water partition coefficient (Wildman–Crippen LogP) is 3.94. The number of fused-ring (bicyclic) bond motifs is 1. The van der Waals surface area contributed by atoms with Gasteiger partial charge in [-0.05, 0) is 36.8 Å². The molecule has 0 unspecified atom stereocenters. The van der Waals surface area contributed by atoms with Crippen LogP contribution < -0.4 is 10.2 Å². The van der Waals surface area contributed by atoms with Gasteiger partial charge < -0.3 is 14.6 Å². The summed E-state index contributed by atoms with van der Waals surface area (Å²) in [6.07, 6.45) is 2.63. The average Bonchev–Trinajstić information content (AvgIpc) is 2.99. The Kier molecular flexibility index (Phi) is 5.18. The van der Waals surface area contributed by atoms with E-state index in [1.807, 2.05) is 42.1 Å². The first-order valence-electron chi connectivity index (χ1n) is 7.62. The van der Waals surface area contributed by atoms with Crippen LogP contribution in [0.1, 0.15) is 19.1 Å². The molecule has 2 aromatic rings. The monoisotopic (exact) mass is 350 g/mol. The van der Waals surface area contributed by atoms with Gasteiger partial charge in [-0.3, -0.25) is 4.79 Å². The van der Waals surface area contributed by atoms with Gasteiger partial charge >= 0.3 is 0 Å². The molecule has 0 saturated heterocycles. The van der Waals surface area contributed by atoms with Crippen LogP contribution in [0.3, 0.4) is 0 Å². The SMILES string of the molecule is C[C@H]1CCN(CC(=O)NCc2ccco2)c2cc(Cl)ccc2S1. The van der Waals surface area contributed by atoms with Gasteiger partial charge in [0.25, 0.3) is 0 Å². The lowest BCUT2D eigenvalue weighted by Crippen LogP contribution is -2.37. The van der Waals surface area contributed by atoms with Crippen molar-refractivity contribution in [2.75, 3.05) is 18.0 Å². The van der Waals surface area contributed by atoms with Gasteiger partial charge in [0.15, 0.2) is 0 Å². The number of amides is 1. The van der Waals surface area contributed by atoms with Gasteiger partial charge in [0.2, 0.25) is 5.91 Å². The quantitative estimate of drug-likeness (QED) is 0.907. The lowest BCUT2D eigenvalue weighted by molar-refractivity contribution is -0.120. The summed E-state index contributed by atoms with van der Waals surface area (Å²) in [6.45, 7) is 3.79. The summed E-state index contributed by atoms with van der Waals surface area (Å²) in [4.78, 5) is 15.5. The van der Waals surface area contributed by atoms with Gasteiger partial charge in [0.05, 0.1) is 25.0 Å². The maximum absolute atomic E-state index is 12.3. The topological polar surface area (TPSA) is 45.5 Å². The Balaban J connectivity index is 1.69. The second kappa shape index (κ2) is 7.32. The average molecular weight is 351 g/mol.